The molecule has 1 aliphatic rings. The molecule has 3 heteroatoms. The summed E-state index contributed by atoms with van der Waals surface area (Å²) in [7, 11) is 0. The number of hydrogen-bond donors (Lipinski definition) is 2. The number of nitrogens with zero attached hydrogens (tertiary/aromatic N) is 1. The van der Waals surface area contributed by atoms with E-state index in [0.29, 0.717) is 11.8 Å². The van der Waals surface area contributed by atoms with Gasteiger partial charge in [0.15, 0.2) is 0 Å². The van der Waals surface area contributed by atoms with Crippen molar-refractivity contribution in [3.63, 3.8) is 0 Å². The maximum absolute atomic E-state index is 10.1. The van der Waals surface area contributed by atoms with Crippen LogP contribution < -0.4 is 5.32 Å². The van der Waals surface area contributed by atoms with E-state index in [9.17, 15) is 5.11 Å². The topological polar surface area (TPSA) is 35.5 Å². The van der Waals surface area contributed by atoms with E-state index in [2.05, 4.69) is 17.1 Å². The fraction of sp³-hybridized carbons (Fsp3) is 0.538. The number of piperazine rings is 1. The van der Waals surface area contributed by atoms with Crippen molar-refractivity contribution in [1.29, 1.82) is 0 Å². The second-order valence-corrected chi connectivity index (χ2v) is 4.47. The molecule has 0 amide bonds. The van der Waals surface area contributed by atoms with E-state index in [0.717, 1.165) is 37.3 Å². The van der Waals surface area contributed by atoms with Crippen molar-refractivity contribution in [3.8, 4) is 5.75 Å². The molecule has 3 nitrogen and oxygen atoms in total. The summed E-state index contributed by atoms with van der Waals surface area (Å²) in [6.45, 7) is 8.29. The first-order chi connectivity index (χ1) is 7.70. The Bertz CT molecular complexity index is 359. The van der Waals surface area contributed by atoms with Gasteiger partial charge < -0.3 is 10.4 Å². The summed E-state index contributed by atoms with van der Waals surface area (Å²) in [5.41, 5.74) is 2.00. The quantitative estimate of drug-likeness (QED) is 0.796. The Morgan fingerprint density at radius 3 is 2.69 bits per heavy atom. The third-order valence-corrected chi connectivity index (χ3v) is 3.42. The molecule has 0 bridgehead atoms. The van der Waals surface area contributed by atoms with Crippen molar-refractivity contribution < 1.29 is 5.11 Å². The summed E-state index contributed by atoms with van der Waals surface area (Å²) in [6, 6.07) is 6.28. The zero-order valence-corrected chi connectivity index (χ0v) is 10.0. The van der Waals surface area contributed by atoms with Gasteiger partial charge in [-0.1, -0.05) is 18.2 Å². The number of aryl methyl sites for hydroxylation is 1. The van der Waals surface area contributed by atoms with Crippen molar-refractivity contribution in [2.75, 3.05) is 26.2 Å². The lowest BCUT2D eigenvalue weighted by Crippen LogP contribution is -2.44. The minimum atomic E-state index is 0.294. The average molecular weight is 220 g/mol. The highest BCUT2D eigenvalue weighted by Gasteiger charge is 2.20. The normalized spacial score (nSPS) is 19.6. The highest BCUT2D eigenvalue weighted by molar-refractivity contribution is 5.41. The fourth-order valence-corrected chi connectivity index (χ4v) is 2.28. The van der Waals surface area contributed by atoms with Gasteiger partial charge >= 0.3 is 0 Å². The van der Waals surface area contributed by atoms with Gasteiger partial charge in [0.1, 0.15) is 5.75 Å². The van der Waals surface area contributed by atoms with Gasteiger partial charge in [-0.05, 0) is 19.4 Å². The van der Waals surface area contributed by atoms with E-state index in [1.807, 2.05) is 25.1 Å². The number of phenols is 1. The van der Waals surface area contributed by atoms with Gasteiger partial charge in [0.05, 0.1) is 0 Å². The van der Waals surface area contributed by atoms with Crippen LogP contribution in [-0.4, -0.2) is 36.2 Å². The summed E-state index contributed by atoms with van der Waals surface area (Å²) in [6.07, 6.45) is 0. The summed E-state index contributed by atoms with van der Waals surface area (Å²) in [5.74, 6) is 0.452. The van der Waals surface area contributed by atoms with Gasteiger partial charge in [0.25, 0.3) is 0 Å². The predicted octanol–water partition coefficient (Wildman–Crippen LogP) is 1.67. The standard InChI is InChI=1S/C13H20N2O/c1-10-4-3-5-12(13(10)16)11(2)15-8-6-14-7-9-15/h3-5,11,14,16H,6-9H2,1-2H3/t11-/m0/s1. The molecular formula is C13H20N2O. The molecule has 2 rings (SSSR count). The average Bonchev–Trinajstić information content (AvgIpc) is 2.33. The van der Waals surface area contributed by atoms with Crippen molar-refractivity contribution >= 4 is 0 Å². The van der Waals surface area contributed by atoms with Crippen LogP contribution in [-0.2, 0) is 0 Å². The van der Waals surface area contributed by atoms with E-state index in [-0.39, 0.29) is 0 Å². The molecule has 0 unspecified atom stereocenters. The lowest BCUT2D eigenvalue weighted by Gasteiger charge is -2.33. The third kappa shape index (κ3) is 2.20. The molecule has 16 heavy (non-hydrogen) atoms. The molecule has 0 saturated carbocycles. The summed E-state index contributed by atoms with van der Waals surface area (Å²) >= 11 is 0. The summed E-state index contributed by atoms with van der Waals surface area (Å²) in [5, 5.41) is 13.4. The molecule has 0 radical (unpaired) electrons. The van der Waals surface area contributed by atoms with Gasteiger partial charge in [-0.15, -0.1) is 0 Å². The largest absolute Gasteiger partial charge is 0.507 e. The van der Waals surface area contributed by atoms with E-state index in [1.54, 1.807) is 0 Å². The lowest BCUT2D eigenvalue weighted by atomic mass is 10.0. The Hall–Kier alpha value is -1.06. The molecule has 2 N–H and O–H groups in total. The first-order valence-electron chi connectivity index (χ1n) is 5.93. The Labute approximate surface area is 97.1 Å². The number of benzene rings is 1. The van der Waals surface area contributed by atoms with Crippen LogP contribution in [0.15, 0.2) is 18.2 Å². The first kappa shape index (κ1) is 11.4. The highest BCUT2D eigenvalue weighted by Crippen LogP contribution is 2.30. The molecule has 1 atom stereocenters. The van der Waals surface area contributed by atoms with E-state index >= 15 is 0 Å². The molecule has 0 spiro atoms. The summed E-state index contributed by atoms with van der Waals surface area (Å²) in [4.78, 5) is 2.41. The van der Waals surface area contributed by atoms with Crippen LogP contribution in [0.25, 0.3) is 0 Å². The van der Waals surface area contributed by atoms with E-state index in [4.69, 9.17) is 0 Å². The molecule has 1 aromatic carbocycles. The molecule has 1 aromatic rings. The van der Waals surface area contributed by atoms with Crippen LogP contribution >= 0.6 is 0 Å². The predicted molar refractivity (Wildman–Crippen MR) is 65.7 cm³/mol. The minimum absolute atomic E-state index is 0.294. The Morgan fingerprint density at radius 1 is 1.31 bits per heavy atom. The zero-order valence-electron chi connectivity index (χ0n) is 10.0. The van der Waals surface area contributed by atoms with Crippen LogP contribution in [0.5, 0.6) is 5.75 Å². The molecule has 1 heterocycles. The number of nitrogens with one attached hydrogen (secondary N) is 1. The maximum atomic E-state index is 10.1. The smallest absolute Gasteiger partial charge is 0.123 e. The van der Waals surface area contributed by atoms with Gasteiger partial charge in [-0.2, -0.15) is 0 Å². The van der Waals surface area contributed by atoms with Crippen molar-refractivity contribution in [1.82, 2.24) is 10.2 Å². The lowest BCUT2D eigenvalue weighted by molar-refractivity contribution is 0.183. The van der Waals surface area contributed by atoms with Crippen molar-refractivity contribution in [2.45, 2.75) is 19.9 Å². The van der Waals surface area contributed by atoms with E-state index in [1.165, 1.54) is 0 Å². The van der Waals surface area contributed by atoms with Gasteiger partial charge in [-0.3, -0.25) is 4.90 Å². The first-order valence-corrected chi connectivity index (χ1v) is 5.93. The zero-order chi connectivity index (χ0) is 11.5. The minimum Gasteiger partial charge on any atom is -0.507 e. The Kier molecular flexibility index (Phi) is 3.46. The number of hydrogen-bond acceptors (Lipinski definition) is 3. The highest BCUT2D eigenvalue weighted by atomic mass is 16.3. The maximum Gasteiger partial charge on any atom is 0.123 e. The van der Waals surface area contributed by atoms with Crippen molar-refractivity contribution in [2.24, 2.45) is 0 Å². The summed E-state index contributed by atoms with van der Waals surface area (Å²) < 4.78 is 0. The third-order valence-electron chi connectivity index (χ3n) is 3.42. The van der Waals surface area contributed by atoms with Crippen LogP contribution in [0, 0.1) is 6.92 Å². The van der Waals surface area contributed by atoms with Crippen LogP contribution in [0.3, 0.4) is 0 Å². The second-order valence-electron chi connectivity index (χ2n) is 4.47. The monoisotopic (exact) mass is 220 g/mol. The Balaban J connectivity index is 2.19. The molecule has 1 fully saturated rings. The van der Waals surface area contributed by atoms with Gasteiger partial charge in [0.2, 0.25) is 0 Å². The van der Waals surface area contributed by atoms with E-state index < -0.39 is 0 Å². The number of aromatic hydroxyl groups is 1. The van der Waals surface area contributed by atoms with Crippen LogP contribution in [0.2, 0.25) is 0 Å². The molecule has 88 valence electrons. The Morgan fingerprint density at radius 2 is 2.00 bits per heavy atom. The fourth-order valence-electron chi connectivity index (χ4n) is 2.28. The molecule has 0 aliphatic carbocycles. The molecule has 0 aromatic heterocycles. The van der Waals surface area contributed by atoms with Crippen LogP contribution in [0.1, 0.15) is 24.1 Å². The number of phenolic OH excluding ortho intramolecular Hbond substituents is 1. The molecular weight excluding hydrogens is 200 g/mol. The van der Waals surface area contributed by atoms with Gasteiger partial charge in [0, 0.05) is 37.8 Å². The number of rotatable bonds is 2. The second kappa shape index (κ2) is 4.85. The molecule has 1 saturated heterocycles. The van der Waals surface area contributed by atoms with Crippen molar-refractivity contribution in [3.05, 3.63) is 29.3 Å². The van der Waals surface area contributed by atoms with Crippen LogP contribution in [0.4, 0.5) is 0 Å². The number of para-hydroxylation sites is 1. The van der Waals surface area contributed by atoms with Gasteiger partial charge in [-0.25, -0.2) is 0 Å². The SMILES string of the molecule is Cc1cccc([C@H](C)N2CCNCC2)c1O. The molecule has 1 aliphatic heterocycles.